The number of guanidine groups is 1. The van der Waals surface area contributed by atoms with Crippen molar-refractivity contribution >= 4 is 17.7 Å². The molecule has 4 nitrogen and oxygen atoms in total. The van der Waals surface area contributed by atoms with Crippen molar-refractivity contribution in [3.05, 3.63) is 0 Å². The number of nitrogens with zero attached hydrogens (tertiary/aromatic N) is 2. The van der Waals surface area contributed by atoms with Crippen LogP contribution in [-0.2, 0) is 0 Å². The molecule has 0 aliphatic carbocycles. The molecule has 120 valence electrons. The van der Waals surface area contributed by atoms with Gasteiger partial charge in [-0.2, -0.15) is 11.8 Å². The van der Waals surface area contributed by atoms with Gasteiger partial charge in [-0.05, 0) is 52.6 Å². The zero-order valence-electron chi connectivity index (χ0n) is 14.0. The summed E-state index contributed by atoms with van der Waals surface area (Å²) in [5.41, 5.74) is 0. The average Bonchev–Trinajstić information content (AvgIpc) is 2.44. The van der Waals surface area contributed by atoms with Gasteiger partial charge in [0.25, 0.3) is 0 Å². The minimum atomic E-state index is 0.470. The third-order valence-corrected chi connectivity index (χ3v) is 3.89. The maximum absolute atomic E-state index is 4.58. The highest BCUT2D eigenvalue weighted by Crippen LogP contribution is 2.00. The van der Waals surface area contributed by atoms with Crippen LogP contribution in [0.5, 0.6) is 0 Å². The quantitative estimate of drug-likeness (QED) is 0.349. The van der Waals surface area contributed by atoms with E-state index in [1.54, 1.807) is 0 Å². The number of aliphatic imine (C=N–C) groups is 1. The summed E-state index contributed by atoms with van der Waals surface area (Å²) in [5, 5.41) is 6.81. The first-order chi connectivity index (χ1) is 9.67. The summed E-state index contributed by atoms with van der Waals surface area (Å²) in [6.45, 7) is 14.1. The second-order valence-electron chi connectivity index (χ2n) is 4.97. The summed E-state index contributed by atoms with van der Waals surface area (Å²) in [4.78, 5) is 7.06. The molecule has 0 rings (SSSR count). The SMILES string of the molecule is CCNC(=NCCSC)NC(C)CCCN(CC)CC. The fourth-order valence-corrected chi connectivity index (χ4v) is 2.31. The molecular formula is C15H34N4S. The third-order valence-electron chi connectivity index (χ3n) is 3.30. The summed E-state index contributed by atoms with van der Waals surface area (Å²) >= 11 is 1.83. The Morgan fingerprint density at radius 3 is 2.50 bits per heavy atom. The maximum atomic E-state index is 4.58. The number of thioether (sulfide) groups is 1. The molecule has 0 heterocycles. The summed E-state index contributed by atoms with van der Waals surface area (Å²) in [6, 6.07) is 0.470. The summed E-state index contributed by atoms with van der Waals surface area (Å²) < 4.78 is 0. The molecule has 0 saturated heterocycles. The van der Waals surface area contributed by atoms with Crippen LogP contribution in [0, 0.1) is 0 Å². The first-order valence-corrected chi connectivity index (χ1v) is 9.33. The van der Waals surface area contributed by atoms with Gasteiger partial charge >= 0.3 is 0 Å². The number of hydrogen-bond acceptors (Lipinski definition) is 3. The molecule has 0 bridgehead atoms. The predicted octanol–water partition coefficient (Wildman–Crippen LogP) is 2.42. The first kappa shape index (κ1) is 19.6. The van der Waals surface area contributed by atoms with Gasteiger partial charge in [-0.25, -0.2) is 0 Å². The predicted molar refractivity (Wildman–Crippen MR) is 94.0 cm³/mol. The second-order valence-corrected chi connectivity index (χ2v) is 5.95. The molecule has 2 N–H and O–H groups in total. The van der Waals surface area contributed by atoms with Gasteiger partial charge in [0.1, 0.15) is 0 Å². The Bertz CT molecular complexity index is 242. The van der Waals surface area contributed by atoms with E-state index in [2.05, 4.69) is 54.5 Å². The van der Waals surface area contributed by atoms with Crippen LogP contribution in [-0.4, -0.2) is 61.6 Å². The highest BCUT2D eigenvalue weighted by molar-refractivity contribution is 7.98. The van der Waals surface area contributed by atoms with E-state index in [0.29, 0.717) is 6.04 Å². The standard InChI is InChI=1S/C15H34N4S/c1-6-16-15(17-11-13-20-5)18-14(4)10-9-12-19(7-2)8-3/h14H,6-13H2,1-5H3,(H2,16,17,18). The molecule has 5 heteroatoms. The first-order valence-electron chi connectivity index (χ1n) is 7.93. The van der Waals surface area contributed by atoms with Crippen LogP contribution in [0.15, 0.2) is 4.99 Å². The van der Waals surface area contributed by atoms with Crippen LogP contribution in [0.25, 0.3) is 0 Å². The molecule has 0 aromatic heterocycles. The normalized spacial score (nSPS) is 13.6. The van der Waals surface area contributed by atoms with E-state index in [9.17, 15) is 0 Å². The lowest BCUT2D eigenvalue weighted by atomic mass is 10.2. The van der Waals surface area contributed by atoms with Gasteiger partial charge in [-0.1, -0.05) is 13.8 Å². The van der Waals surface area contributed by atoms with Gasteiger partial charge < -0.3 is 15.5 Å². The van der Waals surface area contributed by atoms with E-state index in [1.807, 2.05) is 11.8 Å². The molecule has 1 unspecified atom stereocenters. The van der Waals surface area contributed by atoms with Gasteiger partial charge in [0.05, 0.1) is 6.54 Å². The van der Waals surface area contributed by atoms with Gasteiger partial charge in [0, 0.05) is 18.3 Å². The lowest BCUT2D eigenvalue weighted by Gasteiger charge is -2.21. The molecule has 0 spiro atoms. The fraction of sp³-hybridized carbons (Fsp3) is 0.933. The topological polar surface area (TPSA) is 39.7 Å². The Hall–Kier alpha value is -0.420. The van der Waals surface area contributed by atoms with Crippen molar-refractivity contribution in [2.45, 2.75) is 46.6 Å². The minimum Gasteiger partial charge on any atom is -0.357 e. The molecule has 0 radical (unpaired) electrons. The second kappa shape index (κ2) is 13.6. The van der Waals surface area contributed by atoms with Crippen molar-refractivity contribution in [2.24, 2.45) is 4.99 Å². The molecule has 0 aliphatic heterocycles. The fourth-order valence-electron chi connectivity index (χ4n) is 2.04. The number of hydrogen-bond donors (Lipinski definition) is 2. The maximum Gasteiger partial charge on any atom is 0.191 e. The molecule has 0 amide bonds. The summed E-state index contributed by atoms with van der Waals surface area (Å²) in [6.07, 6.45) is 4.54. The van der Waals surface area contributed by atoms with E-state index in [1.165, 1.54) is 19.4 Å². The summed E-state index contributed by atoms with van der Waals surface area (Å²) in [7, 11) is 0. The van der Waals surface area contributed by atoms with Crippen molar-refractivity contribution in [3.8, 4) is 0 Å². The van der Waals surface area contributed by atoms with Crippen LogP contribution in [0.3, 0.4) is 0 Å². The molecule has 0 aromatic rings. The van der Waals surface area contributed by atoms with Crippen LogP contribution in [0.2, 0.25) is 0 Å². The van der Waals surface area contributed by atoms with Crippen LogP contribution >= 0.6 is 11.8 Å². The molecule has 1 atom stereocenters. The van der Waals surface area contributed by atoms with E-state index in [0.717, 1.165) is 37.9 Å². The van der Waals surface area contributed by atoms with Gasteiger partial charge in [0.15, 0.2) is 5.96 Å². The van der Waals surface area contributed by atoms with Crippen LogP contribution < -0.4 is 10.6 Å². The van der Waals surface area contributed by atoms with Gasteiger partial charge in [0.2, 0.25) is 0 Å². The van der Waals surface area contributed by atoms with Crippen LogP contribution in [0.4, 0.5) is 0 Å². The van der Waals surface area contributed by atoms with Crippen molar-refractivity contribution in [3.63, 3.8) is 0 Å². The van der Waals surface area contributed by atoms with Gasteiger partial charge in [-0.3, -0.25) is 4.99 Å². The Balaban J connectivity index is 3.99. The smallest absolute Gasteiger partial charge is 0.191 e. The number of nitrogens with one attached hydrogen (secondary N) is 2. The molecular weight excluding hydrogens is 268 g/mol. The monoisotopic (exact) mass is 302 g/mol. The lowest BCUT2D eigenvalue weighted by molar-refractivity contribution is 0.292. The van der Waals surface area contributed by atoms with Gasteiger partial charge in [-0.15, -0.1) is 0 Å². The van der Waals surface area contributed by atoms with E-state index in [4.69, 9.17) is 0 Å². The third kappa shape index (κ3) is 10.4. The molecule has 0 fully saturated rings. The summed E-state index contributed by atoms with van der Waals surface area (Å²) in [5.74, 6) is 2.03. The Kier molecular flexibility index (Phi) is 13.3. The zero-order valence-corrected chi connectivity index (χ0v) is 14.9. The van der Waals surface area contributed by atoms with Crippen molar-refractivity contribution in [1.29, 1.82) is 0 Å². The molecule has 0 saturated carbocycles. The molecule has 0 aliphatic rings. The zero-order chi connectivity index (χ0) is 15.2. The Labute approximate surface area is 130 Å². The minimum absolute atomic E-state index is 0.470. The van der Waals surface area contributed by atoms with Crippen LogP contribution in [0.1, 0.15) is 40.5 Å². The average molecular weight is 303 g/mol. The van der Waals surface area contributed by atoms with Crippen molar-refractivity contribution in [2.75, 3.05) is 44.7 Å². The van der Waals surface area contributed by atoms with Crippen molar-refractivity contribution < 1.29 is 0 Å². The van der Waals surface area contributed by atoms with Crippen molar-refractivity contribution in [1.82, 2.24) is 15.5 Å². The van der Waals surface area contributed by atoms with E-state index >= 15 is 0 Å². The lowest BCUT2D eigenvalue weighted by Crippen LogP contribution is -2.42. The highest BCUT2D eigenvalue weighted by atomic mass is 32.2. The van der Waals surface area contributed by atoms with E-state index < -0.39 is 0 Å². The largest absolute Gasteiger partial charge is 0.357 e. The molecule has 20 heavy (non-hydrogen) atoms. The highest BCUT2D eigenvalue weighted by Gasteiger charge is 2.06. The van der Waals surface area contributed by atoms with E-state index in [-0.39, 0.29) is 0 Å². The number of rotatable bonds is 11. The molecule has 0 aromatic carbocycles. The Morgan fingerprint density at radius 1 is 1.25 bits per heavy atom. The Morgan fingerprint density at radius 2 is 1.95 bits per heavy atom.